The van der Waals surface area contributed by atoms with Gasteiger partial charge in [-0.1, -0.05) is 30.7 Å². The van der Waals surface area contributed by atoms with Crippen LogP contribution >= 0.6 is 23.4 Å². The summed E-state index contributed by atoms with van der Waals surface area (Å²) < 4.78 is 13.7. The van der Waals surface area contributed by atoms with Crippen LogP contribution in [0.3, 0.4) is 0 Å². The molecule has 0 fully saturated rings. The van der Waals surface area contributed by atoms with Crippen LogP contribution in [0.4, 0.5) is 4.39 Å². The summed E-state index contributed by atoms with van der Waals surface area (Å²) in [6, 6.07) is 13.4. The third kappa shape index (κ3) is 4.73. The van der Waals surface area contributed by atoms with Gasteiger partial charge in [0.15, 0.2) is 0 Å². The van der Waals surface area contributed by atoms with Crippen LogP contribution in [0.1, 0.15) is 24.1 Å². The Hall–Kier alpha value is -1.03. The quantitative estimate of drug-likeness (QED) is 0.730. The summed E-state index contributed by atoms with van der Waals surface area (Å²) in [6.45, 7) is 4.69. The molecule has 1 nitrogen and oxygen atoms in total. The van der Waals surface area contributed by atoms with Gasteiger partial charge in [-0.2, -0.15) is 0 Å². The largest absolute Gasteiger partial charge is 0.309 e. The van der Waals surface area contributed by atoms with E-state index in [0.29, 0.717) is 5.56 Å². The lowest BCUT2D eigenvalue weighted by Gasteiger charge is -2.18. The standard InChI is InChI=1S/C17H19ClFNS/c1-3-20-17(13-5-4-12(2)16(19)10-13)11-21-15-8-6-14(18)7-9-15/h4-10,17,20H,3,11H2,1-2H3. The van der Waals surface area contributed by atoms with Crippen LogP contribution < -0.4 is 5.32 Å². The third-order valence-electron chi connectivity index (χ3n) is 3.28. The molecule has 0 aliphatic carbocycles. The molecule has 1 N–H and O–H groups in total. The maximum atomic E-state index is 13.7. The van der Waals surface area contributed by atoms with Gasteiger partial charge < -0.3 is 5.32 Å². The van der Waals surface area contributed by atoms with Gasteiger partial charge in [-0.3, -0.25) is 0 Å². The smallest absolute Gasteiger partial charge is 0.126 e. The lowest BCUT2D eigenvalue weighted by atomic mass is 10.1. The van der Waals surface area contributed by atoms with E-state index in [4.69, 9.17) is 11.6 Å². The molecule has 0 aliphatic rings. The van der Waals surface area contributed by atoms with E-state index in [1.54, 1.807) is 24.8 Å². The minimum Gasteiger partial charge on any atom is -0.309 e. The van der Waals surface area contributed by atoms with Crippen LogP contribution in [0.2, 0.25) is 5.02 Å². The highest BCUT2D eigenvalue weighted by Gasteiger charge is 2.12. The van der Waals surface area contributed by atoms with E-state index >= 15 is 0 Å². The van der Waals surface area contributed by atoms with Crippen LogP contribution in [0.5, 0.6) is 0 Å². The number of benzene rings is 2. The number of nitrogens with one attached hydrogen (secondary N) is 1. The minimum atomic E-state index is -0.146. The van der Waals surface area contributed by atoms with Gasteiger partial charge in [0.2, 0.25) is 0 Å². The van der Waals surface area contributed by atoms with Gasteiger partial charge >= 0.3 is 0 Å². The summed E-state index contributed by atoms with van der Waals surface area (Å²) in [7, 11) is 0. The molecule has 2 aromatic carbocycles. The molecule has 2 aromatic rings. The van der Waals surface area contributed by atoms with Crippen molar-refractivity contribution in [3.63, 3.8) is 0 Å². The Balaban J connectivity index is 2.07. The Morgan fingerprint density at radius 3 is 2.52 bits per heavy atom. The molecule has 0 saturated carbocycles. The lowest BCUT2D eigenvalue weighted by molar-refractivity contribution is 0.585. The number of thioether (sulfide) groups is 1. The Morgan fingerprint density at radius 2 is 1.90 bits per heavy atom. The first kappa shape index (κ1) is 16.3. The summed E-state index contributed by atoms with van der Waals surface area (Å²) in [6.07, 6.45) is 0. The van der Waals surface area contributed by atoms with Gasteiger partial charge in [0.25, 0.3) is 0 Å². The highest BCUT2D eigenvalue weighted by Crippen LogP contribution is 2.26. The van der Waals surface area contributed by atoms with Gasteiger partial charge in [-0.15, -0.1) is 11.8 Å². The predicted octanol–water partition coefficient (Wildman–Crippen LogP) is 5.23. The third-order valence-corrected chi connectivity index (χ3v) is 4.64. The van der Waals surface area contributed by atoms with Gasteiger partial charge in [0.1, 0.15) is 5.82 Å². The molecule has 0 heterocycles. The first-order valence-electron chi connectivity index (χ1n) is 6.98. The second kappa shape index (κ2) is 7.83. The van der Waals surface area contributed by atoms with Crippen LogP contribution in [0.15, 0.2) is 47.4 Å². The van der Waals surface area contributed by atoms with Crippen molar-refractivity contribution in [2.24, 2.45) is 0 Å². The zero-order valence-electron chi connectivity index (χ0n) is 12.2. The molecule has 0 amide bonds. The van der Waals surface area contributed by atoms with E-state index in [1.807, 2.05) is 36.4 Å². The first-order chi connectivity index (χ1) is 10.1. The average Bonchev–Trinajstić information content (AvgIpc) is 2.48. The van der Waals surface area contributed by atoms with Crippen molar-refractivity contribution in [1.29, 1.82) is 0 Å². The van der Waals surface area contributed by atoms with Crippen LogP contribution in [0, 0.1) is 12.7 Å². The van der Waals surface area contributed by atoms with Crippen molar-refractivity contribution < 1.29 is 4.39 Å². The fraction of sp³-hybridized carbons (Fsp3) is 0.294. The molecule has 0 saturated heterocycles. The Kier molecular flexibility index (Phi) is 6.09. The van der Waals surface area contributed by atoms with Crippen molar-refractivity contribution in [3.8, 4) is 0 Å². The fourth-order valence-corrected chi connectivity index (χ4v) is 3.18. The maximum Gasteiger partial charge on any atom is 0.126 e. The van der Waals surface area contributed by atoms with Gasteiger partial charge in [0, 0.05) is 21.7 Å². The second-order valence-electron chi connectivity index (χ2n) is 4.88. The van der Waals surface area contributed by atoms with E-state index in [9.17, 15) is 4.39 Å². The molecule has 1 atom stereocenters. The van der Waals surface area contributed by atoms with Crippen LogP contribution in [-0.4, -0.2) is 12.3 Å². The zero-order valence-corrected chi connectivity index (χ0v) is 13.8. The monoisotopic (exact) mass is 323 g/mol. The van der Waals surface area contributed by atoms with Crippen molar-refractivity contribution in [2.45, 2.75) is 24.8 Å². The van der Waals surface area contributed by atoms with E-state index in [2.05, 4.69) is 12.2 Å². The molecular formula is C17H19ClFNS. The molecule has 0 spiro atoms. The Bertz CT molecular complexity index is 586. The second-order valence-corrected chi connectivity index (χ2v) is 6.41. The molecule has 0 aromatic heterocycles. The van der Waals surface area contributed by atoms with E-state index in [0.717, 1.165) is 27.8 Å². The molecule has 0 aliphatic heterocycles. The SMILES string of the molecule is CCNC(CSc1ccc(Cl)cc1)c1ccc(C)c(F)c1. The zero-order chi connectivity index (χ0) is 15.2. The summed E-state index contributed by atoms with van der Waals surface area (Å²) >= 11 is 7.63. The Labute approximate surface area is 134 Å². The van der Waals surface area contributed by atoms with Gasteiger partial charge in [-0.25, -0.2) is 4.39 Å². The number of hydrogen-bond acceptors (Lipinski definition) is 2. The summed E-state index contributed by atoms with van der Waals surface area (Å²) in [5.74, 6) is 0.699. The number of halogens is 2. The fourth-order valence-electron chi connectivity index (χ4n) is 2.06. The molecule has 4 heteroatoms. The van der Waals surface area contributed by atoms with Crippen molar-refractivity contribution in [1.82, 2.24) is 5.32 Å². The molecule has 0 radical (unpaired) electrons. The normalized spacial score (nSPS) is 12.4. The molecule has 112 valence electrons. The number of aryl methyl sites for hydroxylation is 1. The van der Waals surface area contributed by atoms with Crippen molar-refractivity contribution in [3.05, 3.63) is 64.4 Å². The van der Waals surface area contributed by atoms with Crippen molar-refractivity contribution in [2.75, 3.05) is 12.3 Å². The van der Waals surface area contributed by atoms with Gasteiger partial charge in [0.05, 0.1) is 0 Å². The molecule has 0 bridgehead atoms. The predicted molar refractivity (Wildman–Crippen MR) is 89.7 cm³/mol. The molecular weight excluding hydrogens is 305 g/mol. The van der Waals surface area contributed by atoms with E-state index in [-0.39, 0.29) is 11.9 Å². The lowest BCUT2D eigenvalue weighted by Crippen LogP contribution is -2.23. The highest BCUT2D eigenvalue weighted by atomic mass is 35.5. The van der Waals surface area contributed by atoms with Crippen LogP contribution in [0.25, 0.3) is 0 Å². The summed E-state index contributed by atoms with van der Waals surface area (Å²) in [4.78, 5) is 1.16. The first-order valence-corrected chi connectivity index (χ1v) is 8.34. The number of hydrogen-bond donors (Lipinski definition) is 1. The molecule has 1 unspecified atom stereocenters. The topological polar surface area (TPSA) is 12.0 Å². The number of rotatable bonds is 6. The van der Waals surface area contributed by atoms with Gasteiger partial charge in [-0.05, 0) is 54.9 Å². The summed E-state index contributed by atoms with van der Waals surface area (Å²) in [5.41, 5.74) is 1.67. The van der Waals surface area contributed by atoms with Crippen molar-refractivity contribution >= 4 is 23.4 Å². The molecule has 2 rings (SSSR count). The highest BCUT2D eigenvalue weighted by molar-refractivity contribution is 7.99. The van der Waals surface area contributed by atoms with Crippen LogP contribution in [-0.2, 0) is 0 Å². The Morgan fingerprint density at radius 1 is 1.19 bits per heavy atom. The maximum absolute atomic E-state index is 13.7. The molecule has 21 heavy (non-hydrogen) atoms. The van der Waals surface area contributed by atoms with E-state index in [1.165, 1.54) is 0 Å². The minimum absolute atomic E-state index is 0.130. The van der Waals surface area contributed by atoms with E-state index < -0.39 is 0 Å². The average molecular weight is 324 g/mol. The summed E-state index contributed by atoms with van der Waals surface area (Å²) in [5, 5.41) is 4.15.